The predicted octanol–water partition coefficient (Wildman–Crippen LogP) is 5.03. The minimum absolute atomic E-state index is 0.366. The van der Waals surface area contributed by atoms with Crippen LogP contribution in [0.3, 0.4) is 0 Å². The van der Waals surface area contributed by atoms with Crippen LogP contribution < -0.4 is 4.74 Å². The number of methoxy groups -OCH3 is 1. The third kappa shape index (κ3) is 2.21. The molecule has 4 rings (SSSR count). The van der Waals surface area contributed by atoms with Gasteiger partial charge in [0.15, 0.2) is 0 Å². The van der Waals surface area contributed by atoms with Crippen molar-refractivity contribution in [3.8, 4) is 5.75 Å². The van der Waals surface area contributed by atoms with Crippen molar-refractivity contribution in [2.45, 2.75) is 57.5 Å². The Balaban J connectivity index is 2.04. The van der Waals surface area contributed by atoms with E-state index < -0.39 is 5.60 Å². The zero-order valence-electron chi connectivity index (χ0n) is 14.1. The Morgan fingerprint density at radius 2 is 2.13 bits per heavy atom. The van der Waals surface area contributed by atoms with Gasteiger partial charge in [0.2, 0.25) is 0 Å². The van der Waals surface area contributed by atoms with E-state index in [1.165, 1.54) is 16.7 Å². The van der Waals surface area contributed by atoms with Gasteiger partial charge in [0.1, 0.15) is 17.1 Å². The first-order valence-corrected chi connectivity index (χ1v) is 8.57. The number of rotatable bonds is 1. The van der Waals surface area contributed by atoms with E-state index in [1.807, 2.05) is 19.1 Å². The van der Waals surface area contributed by atoms with E-state index in [0.29, 0.717) is 5.92 Å². The van der Waals surface area contributed by atoms with E-state index >= 15 is 0 Å². The van der Waals surface area contributed by atoms with Crippen LogP contribution in [-0.4, -0.2) is 17.8 Å². The van der Waals surface area contributed by atoms with Crippen LogP contribution in [0.4, 0.5) is 0 Å². The van der Waals surface area contributed by atoms with Gasteiger partial charge in [0.25, 0.3) is 0 Å². The topological polar surface area (TPSA) is 42.6 Å². The van der Waals surface area contributed by atoms with Crippen molar-refractivity contribution in [3.05, 3.63) is 35.1 Å². The first-order valence-electron chi connectivity index (χ1n) is 8.57. The molecule has 0 fully saturated rings. The minimum atomic E-state index is -0.683. The molecule has 2 aliphatic carbocycles. The van der Waals surface area contributed by atoms with Crippen molar-refractivity contribution in [3.63, 3.8) is 0 Å². The molecule has 1 aromatic heterocycles. The maximum atomic E-state index is 10.9. The quantitative estimate of drug-likeness (QED) is 0.803. The van der Waals surface area contributed by atoms with Crippen molar-refractivity contribution in [1.29, 1.82) is 0 Å². The summed E-state index contributed by atoms with van der Waals surface area (Å²) in [6.45, 7) is 4.20. The Labute approximate surface area is 136 Å². The second-order valence-corrected chi connectivity index (χ2v) is 7.23. The van der Waals surface area contributed by atoms with Crippen molar-refractivity contribution < 1.29 is 14.3 Å². The minimum Gasteiger partial charge on any atom is -0.497 e. The fraction of sp³-hybridized carbons (Fsp3) is 0.500. The van der Waals surface area contributed by atoms with Gasteiger partial charge in [-0.05, 0) is 68.4 Å². The number of hydrogen-bond donors (Lipinski definition) is 1. The van der Waals surface area contributed by atoms with E-state index in [1.54, 1.807) is 7.11 Å². The molecule has 0 saturated carbocycles. The molecule has 0 amide bonds. The third-order valence-electron chi connectivity index (χ3n) is 5.60. The van der Waals surface area contributed by atoms with Gasteiger partial charge in [-0.2, -0.15) is 0 Å². The molecule has 3 nitrogen and oxygen atoms in total. The van der Waals surface area contributed by atoms with Gasteiger partial charge in [-0.3, -0.25) is 0 Å². The molecular formula is C20H24O3. The highest BCUT2D eigenvalue weighted by Crippen LogP contribution is 2.49. The van der Waals surface area contributed by atoms with Crippen LogP contribution in [0.15, 0.2) is 28.2 Å². The predicted molar refractivity (Wildman–Crippen MR) is 91.8 cm³/mol. The molecule has 122 valence electrons. The summed E-state index contributed by atoms with van der Waals surface area (Å²) < 4.78 is 11.6. The maximum Gasteiger partial charge on any atom is 0.135 e. The Bertz CT molecular complexity index is 795. The van der Waals surface area contributed by atoms with E-state index in [4.69, 9.17) is 9.15 Å². The van der Waals surface area contributed by atoms with Crippen LogP contribution in [0.5, 0.6) is 5.75 Å². The van der Waals surface area contributed by atoms with E-state index in [2.05, 4.69) is 13.0 Å². The molecule has 1 N–H and O–H groups in total. The summed E-state index contributed by atoms with van der Waals surface area (Å²) >= 11 is 0. The first-order chi connectivity index (χ1) is 11.0. The highest BCUT2D eigenvalue weighted by molar-refractivity contribution is 5.95. The average Bonchev–Trinajstić information content (AvgIpc) is 2.84. The van der Waals surface area contributed by atoms with Crippen molar-refractivity contribution in [2.24, 2.45) is 0 Å². The molecule has 0 saturated heterocycles. The first kappa shape index (κ1) is 14.8. The lowest BCUT2D eigenvalue weighted by Gasteiger charge is -2.33. The third-order valence-corrected chi connectivity index (χ3v) is 5.60. The Morgan fingerprint density at radius 3 is 2.91 bits per heavy atom. The number of allylic oxidation sites excluding steroid dienone is 1. The van der Waals surface area contributed by atoms with E-state index in [0.717, 1.165) is 54.6 Å². The zero-order valence-corrected chi connectivity index (χ0v) is 14.1. The van der Waals surface area contributed by atoms with Crippen molar-refractivity contribution >= 4 is 16.5 Å². The van der Waals surface area contributed by atoms with Crippen LogP contribution in [0.25, 0.3) is 16.5 Å². The largest absolute Gasteiger partial charge is 0.497 e. The lowest BCUT2D eigenvalue weighted by atomic mass is 9.77. The number of benzene rings is 1. The van der Waals surface area contributed by atoms with Gasteiger partial charge in [-0.15, -0.1) is 0 Å². The Hall–Kier alpha value is -1.74. The summed E-state index contributed by atoms with van der Waals surface area (Å²) in [4.78, 5) is 0. The van der Waals surface area contributed by atoms with Crippen LogP contribution in [-0.2, 0) is 0 Å². The molecule has 23 heavy (non-hydrogen) atoms. The summed E-state index contributed by atoms with van der Waals surface area (Å²) in [7, 11) is 1.69. The SMILES string of the molecule is COc1ccc2oc3c(c2c1)C1=C(CCC3C)C(C)(O)CCC1. The molecule has 2 aromatic rings. The zero-order chi connectivity index (χ0) is 16.2. The van der Waals surface area contributed by atoms with Gasteiger partial charge < -0.3 is 14.3 Å². The summed E-state index contributed by atoms with van der Waals surface area (Å²) in [6, 6.07) is 6.02. The van der Waals surface area contributed by atoms with Gasteiger partial charge in [-0.1, -0.05) is 6.92 Å². The summed E-state index contributed by atoms with van der Waals surface area (Å²) in [5, 5.41) is 12.0. The van der Waals surface area contributed by atoms with E-state index in [-0.39, 0.29) is 0 Å². The van der Waals surface area contributed by atoms with Gasteiger partial charge in [0, 0.05) is 16.9 Å². The molecule has 0 radical (unpaired) electrons. The monoisotopic (exact) mass is 312 g/mol. The van der Waals surface area contributed by atoms with Gasteiger partial charge >= 0.3 is 0 Å². The molecule has 1 heterocycles. The highest BCUT2D eigenvalue weighted by atomic mass is 16.5. The number of hydrogen-bond acceptors (Lipinski definition) is 3. The molecule has 2 unspecified atom stereocenters. The van der Waals surface area contributed by atoms with Gasteiger partial charge in [-0.25, -0.2) is 0 Å². The average molecular weight is 312 g/mol. The van der Waals surface area contributed by atoms with Crippen LogP contribution in [0, 0.1) is 0 Å². The summed E-state index contributed by atoms with van der Waals surface area (Å²) in [5.74, 6) is 2.29. The number of aliphatic hydroxyl groups is 1. The number of furan rings is 1. The Morgan fingerprint density at radius 1 is 1.30 bits per heavy atom. The van der Waals surface area contributed by atoms with Crippen LogP contribution in [0.2, 0.25) is 0 Å². The second kappa shape index (κ2) is 5.13. The molecule has 2 aliphatic rings. The van der Waals surface area contributed by atoms with Crippen molar-refractivity contribution in [2.75, 3.05) is 7.11 Å². The van der Waals surface area contributed by atoms with Crippen LogP contribution >= 0.6 is 0 Å². The summed E-state index contributed by atoms with van der Waals surface area (Å²) in [6.07, 6.45) is 4.89. The number of fused-ring (bicyclic) bond motifs is 4. The highest BCUT2D eigenvalue weighted by Gasteiger charge is 2.37. The second-order valence-electron chi connectivity index (χ2n) is 7.23. The lowest BCUT2D eigenvalue weighted by molar-refractivity contribution is 0.0791. The molecule has 2 atom stereocenters. The molecule has 0 bridgehead atoms. The van der Waals surface area contributed by atoms with Crippen molar-refractivity contribution in [1.82, 2.24) is 0 Å². The fourth-order valence-electron chi connectivity index (χ4n) is 4.31. The normalized spacial score (nSPS) is 27.6. The lowest BCUT2D eigenvalue weighted by Crippen LogP contribution is -2.30. The molecule has 0 spiro atoms. The Kier molecular flexibility index (Phi) is 3.31. The maximum absolute atomic E-state index is 10.9. The van der Waals surface area contributed by atoms with Gasteiger partial charge in [0.05, 0.1) is 12.7 Å². The smallest absolute Gasteiger partial charge is 0.135 e. The summed E-state index contributed by atoms with van der Waals surface area (Å²) in [5.41, 5.74) is 3.99. The molecule has 0 aliphatic heterocycles. The van der Waals surface area contributed by atoms with Crippen LogP contribution in [0.1, 0.15) is 63.2 Å². The molecular weight excluding hydrogens is 288 g/mol. The fourth-order valence-corrected chi connectivity index (χ4v) is 4.31. The standard InChI is InChI=1S/C20H24O3/c1-12-6-8-16-14(5-4-10-20(16,2)21)18-15-11-13(22-3)7-9-17(15)23-19(12)18/h7,9,11-12,21H,4-6,8,10H2,1-3H3. The molecule has 1 aromatic carbocycles. The molecule has 3 heteroatoms. The number of ether oxygens (including phenoxy) is 1. The van der Waals surface area contributed by atoms with E-state index in [9.17, 15) is 5.11 Å².